The average Bonchev–Trinajstić information content (AvgIpc) is 2.89. The molecule has 1 saturated carbocycles. The molecule has 1 aliphatic rings. The summed E-state index contributed by atoms with van der Waals surface area (Å²) in [7, 11) is 2.09. The van der Waals surface area contributed by atoms with Crippen molar-refractivity contribution >= 4 is 0 Å². The molecule has 0 heterocycles. The predicted molar refractivity (Wildman–Crippen MR) is 75.4 cm³/mol. The molecular weight excluding hydrogens is 241 g/mol. The lowest BCUT2D eigenvalue weighted by Gasteiger charge is -2.22. The van der Waals surface area contributed by atoms with Gasteiger partial charge in [-0.25, -0.2) is 4.39 Å². The van der Waals surface area contributed by atoms with Crippen LogP contribution in [0.1, 0.15) is 43.8 Å². The van der Waals surface area contributed by atoms with Gasteiger partial charge in [0.2, 0.25) is 0 Å². The lowest BCUT2D eigenvalue weighted by atomic mass is 10.0. The maximum absolute atomic E-state index is 13.5. The monoisotopic (exact) mass is 265 g/mol. The number of benzene rings is 1. The zero-order valence-corrected chi connectivity index (χ0v) is 11.7. The van der Waals surface area contributed by atoms with Crippen molar-refractivity contribution < 1.29 is 9.50 Å². The quantitative estimate of drug-likeness (QED) is 0.852. The van der Waals surface area contributed by atoms with Crippen LogP contribution in [-0.4, -0.2) is 30.1 Å². The van der Waals surface area contributed by atoms with E-state index in [9.17, 15) is 9.50 Å². The van der Waals surface area contributed by atoms with Gasteiger partial charge in [0.05, 0.1) is 6.10 Å². The summed E-state index contributed by atoms with van der Waals surface area (Å²) in [6, 6.07) is 6.49. The highest BCUT2D eigenvalue weighted by molar-refractivity contribution is 5.19. The van der Waals surface area contributed by atoms with Crippen molar-refractivity contribution in [3.8, 4) is 0 Å². The first-order chi connectivity index (χ1) is 9.16. The van der Waals surface area contributed by atoms with E-state index in [0.29, 0.717) is 12.0 Å². The molecule has 1 unspecified atom stereocenters. The molecule has 3 heteroatoms. The van der Waals surface area contributed by atoms with Crippen LogP contribution in [0.4, 0.5) is 4.39 Å². The highest BCUT2D eigenvalue weighted by Crippen LogP contribution is 2.25. The summed E-state index contributed by atoms with van der Waals surface area (Å²) in [4.78, 5) is 2.26. The molecule has 0 aliphatic heterocycles. The van der Waals surface area contributed by atoms with Gasteiger partial charge in [-0.3, -0.25) is 0 Å². The Morgan fingerprint density at radius 2 is 2.00 bits per heavy atom. The summed E-state index contributed by atoms with van der Waals surface area (Å²) in [5.74, 6) is 0.504. The van der Waals surface area contributed by atoms with Crippen molar-refractivity contribution in [3.05, 3.63) is 35.6 Å². The Morgan fingerprint density at radius 3 is 2.68 bits per heavy atom. The van der Waals surface area contributed by atoms with Gasteiger partial charge in [0.1, 0.15) is 5.82 Å². The molecule has 0 saturated heterocycles. The van der Waals surface area contributed by atoms with E-state index in [1.807, 2.05) is 0 Å². The van der Waals surface area contributed by atoms with Crippen LogP contribution in [0.15, 0.2) is 24.3 Å². The number of rotatable bonds is 6. The molecule has 0 spiro atoms. The average molecular weight is 265 g/mol. The minimum absolute atomic E-state index is 0.312. The fraction of sp³-hybridized carbons (Fsp3) is 0.625. The first-order valence-electron chi connectivity index (χ1n) is 7.28. The van der Waals surface area contributed by atoms with Crippen molar-refractivity contribution in [2.24, 2.45) is 5.92 Å². The van der Waals surface area contributed by atoms with E-state index in [1.165, 1.54) is 31.7 Å². The van der Waals surface area contributed by atoms with Crippen LogP contribution in [0, 0.1) is 11.7 Å². The SMILES string of the molecule is CN(CCC(O)c1ccccc1F)CC1CCCC1. The number of halogens is 1. The van der Waals surface area contributed by atoms with Gasteiger partial charge in [-0.2, -0.15) is 0 Å². The second-order valence-electron chi connectivity index (χ2n) is 5.74. The van der Waals surface area contributed by atoms with E-state index in [-0.39, 0.29) is 5.82 Å². The Bertz CT molecular complexity index is 390. The van der Waals surface area contributed by atoms with E-state index in [0.717, 1.165) is 19.0 Å². The fourth-order valence-corrected chi connectivity index (χ4v) is 2.97. The van der Waals surface area contributed by atoms with Crippen LogP contribution < -0.4 is 0 Å². The van der Waals surface area contributed by atoms with Crippen LogP contribution in [0.25, 0.3) is 0 Å². The highest BCUT2D eigenvalue weighted by atomic mass is 19.1. The standard InChI is InChI=1S/C16H24FNO/c1-18(12-13-6-2-3-7-13)11-10-16(19)14-8-4-5-9-15(14)17/h4-5,8-9,13,16,19H,2-3,6-7,10-12H2,1H3. The third kappa shape index (κ3) is 4.29. The molecule has 1 atom stereocenters. The van der Waals surface area contributed by atoms with Crippen molar-refractivity contribution in [2.45, 2.75) is 38.2 Å². The van der Waals surface area contributed by atoms with E-state index in [1.54, 1.807) is 18.2 Å². The Balaban J connectivity index is 1.76. The Labute approximate surface area is 115 Å². The zero-order chi connectivity index (χ0) is 13.7. The van der Waals surface area contributed by atoms with E-state index < -0.39 is 6.10 Å². The molecule has 1 aliphatic carbocycles. The van der Waals surface area contributed by atoms with E-state index in [4.69, 9.17) is 0 Å². The number of aliphatic hydroxyl groups excluding tert-OH is 1. The lowest BCUT2D eigenvalue weighted by Crippen LogP contribution is -2.26. The smallest absolute Gasteiger partial charge is 0.128 e. The Morgan fingerprint density at radius 1 is 1.32 bits per heavy atom. The molecule has 2 rings (SSSR count). The number of aliphatic hydroxyl groups is 1. The Hall–Kier alpha value is -0.930. The second kappa shape index (κ2) is 7.01. The van der Waals surface area contributed by atoms with Crippen LogP contribution in [-0.2, 0) is 0 Å². The summed E-state index contributed by atoms with van der Waals surface area (Å²) < 4.78 is 13.5. The molecule has 0 amide bonds. The number of hydrogen-bond donors (Lipinski definition) is 1. The zero-order valence-electron chi connectivity index (χ0n) is 11.7. The Kier molecular flexibility index (Phi) is 5.34. The summed E-state index contributed by atoms with van der Waals surface area (Å²) in [6.07, 6.45) is 5.27. The van der Waals surface area contributed by atoms with E-state index in [2.05, 4.69) is 11.9 Å². The summed E-state index contributed by atoms with van der Waals surface area (Å²) in [6.45, 7) is 1.91. The minimum atomic E-state index is -0.702. The first kappa shape index (κ1) is 14.5. The second-order valence-corrected chi connectivity index (χ2v) is 5.74. The summed E-state index contributed by atoms with van der Waals surface area (Å²) >= 11 is 0. The van der Waals surface area contributed by atoms with Crippen LogP contribution in [0.5, 0.6) is 0 Å². The molecule has 0 bridgehead atoms. The number of nitrogens with zero attached hydrogens (tertiary/aromatic N) is 1. The maximum Gasteiger partial charge on any atom is 0.128 e. The van der Waals surface area contributed by atoms with Gasteiger partial charge in [0.25, 0.3) is 0 Å². The third-order valence-corrected chi connectivity index (χ3v) is 4.09. The summed E-state index contributed by atoms with van der Waals surface area (Å²) in [5.41, 5.74) is 0.414. The largest absolute Gasteiger partial charge is 0.388 e. The molecule has 1 N–H and O–H groups in total. The topological polar surface area (TPSA) is 23.5 Å². The van der Waals surface area contributed by atoms with Crippen LogP contribution in [0.3, 0.4) is 0 Å². The normalized spacial score (nSPS) is 18.1. The predicted octanol–water partition coefficient (Wildman–Crippen LogP) is 3.37. The number of hydrogen-bond acceptors (Lipinski definition) is 2. The molecule has 1 aromatic rings. The fourth-order valence-electron chi connectivity index (χ4n) is 2.97. The maximum atomic E-state index is 13.5. The van der Waals surface area contributed by atoms with Crippen LogP contribution in [0.2, 0.25) is 0 Å². The molecule has 1 aromatic carbocycles. The first-order valence-corrected chi connectivity index (χ1v) is 7.28. The summed E-state index contributed by atoms with van der Waals surface area (Å²) in [5, 5.41) is 10.0. The molecule has 1 fully saturated rings. The highest BCUT2D eigenvalue weighted by Gasteiger charge is 2.18. The van der Waals surface area contributed by atoms with Gasteiger partial charge in [-0.05, 0) is 38.3 Å². The van der Waals surface area contributed by atoms with E-state index >= 15 is 0 Å². The minimum Gasteiger partial charge on any atom is -0.388 e. The van der Waals surface area contributed by atoms with Crippen LogP contribution >= 0.6 is 0 Å². The van der Waals surface area contributed by atoms with Gasteiger partial charge in [-0.15, -0.1) is 0 Å². The van der Waals surface area contributed by atoms with Crippen molar-refractivity contribution in [3.63, 3.8) is 0 Å². The van der Waals surface area contributed by atoms with Gasteiger partial charge >= 0.3 is 0 Å². The van der Waals surface area contributed by atoms with Crippen molar-refractivity contribution in [2.75, 3.05) is 20.1 Å². The van der Waals surface area contributed by atoms with Gasteiger partial charge in [0, 0.05) is 18.7 Å². The van der Waals surface area contributed by atoms with Gasteiger partial charge in [0.15, 0.2) is 0 Å². The molecule has 0 radical (unpaired) electrons. The van der Waals surface area contributed by atoms with Gasteiger partial charge < -0.3 is 10.0 Å². The molecule has 2 nitrogen and oxygen atoms in total. The lowest BCUT2D eigenvalue weighted by molar-refractivity contribution is 0.141. The van der Waals surface area contributed by atoms with Crippen molar-refractivity contribution in [1.82, 2.24) is 4.90 Å². The molecule has 0 aromatic heterocycles. The molecule has 19 heavy (non-hydrogen) atoms. The molecule has 106 valence electrons. The van der Waals surface area contributed by atoms with Gasteiger partial charge in [-0.1, -0.05) is 31.0 Å². The third-order valence-electron chi connectivity index (χ3n) is 4.09. The van der Waals surface area contributed by atoms with Crippen molar-refractivity contribution in [1.29, 1.82) is 0 Å². The molecular formula is C16H24FNO.